The molecule has 0 atom stereocenters. The molecule has 0 bridgehead atoms. The Balaban J connectivity index is 2.24. The molecule has 2 rings (SSSR count). The lowest BCUT2D eigenvalue weighted by Gasteiger charge is -2.01. The largest absolute Gasteiger partial charge is 0.349 e. The molecule has 1 aromatic rings. The third kappa shape index (κ3) is 1.96. The molecule has 1 fully saturated rings. The van der Waals surface area contributed by atoms with Crippen LogP contribution < -0.4 is 10.9 Å². The quantitative estimate of drug-likeness (QED) is 0.766. The molecule has 5 heteroatoms. The molecule has 0 aliphatic heterocycles. The number of aromatic amines is 1. The third-order valence-electron chi connectivity index (χ3n) is 2.03. The van der Waals surface area contributed by atoms with Crippen LogP contribution in [0.2, 0.25) is 5.02 Å². The maximum Gasteiger partial charge on any atom is 0.260 e. The van der Waals surface area contributed by atoms with E-state index < -0.39 is 5.56 Å². The number of rotatable bonds is 2. The molecular formula is C9H9ClN2O2. The molecule has 2 N–H and O–H groups in total. The van der Waals surface area contributed by atoms with E-state index in [2.05, 4.69) is 10.3 Å². The van der Waals surface area contributed by atoms with E-state index in [9.17, 15) is 9.59 Å². The van der Waals surface area contributed by atoms with Gasteiger partial charge in [-0.3, -0.25) is 9.59 Å². The molecule has 0 saturated heterocycles. The van der Waals surface area contributed by atoms with Crippen LogP contribution in [-0.4, -0.2) is 16.9 Å². The van der Waals surface area contributed by atoms with Crippen molar-refractivity contribution >= 4 is 17.5 Å². The standard InChI is InChI=1S/C9H9ClN2O2/c10-5-3-7(8(13)11-4-5)9(14)12-6-1-2-6/h3-4,6H,1-2H2,(H,11,13)(H,12,14). The van der Waals surface area contributed by atoms with Crippen molar-refractivity contribution in [1.29, 1.82) is 0 Å². The van der Waals surface area contributed by atoms with Gasteiger partial charge in [0.15, 0.2) is 0 Å². The van der Waals surface area contributed by atoms with Gasteiger partial charge < -0.3 is 10.3 Å². The highest BCUT2D eigenvalue weighted by molar-refractivity contribution is 6.30. The molecule has 1 saturated carbocycles. The van der Waals surface area contributed by atoms with Gasteiger partial charge in [0.1, 0.15) is 5.56 Å². The Bertz CT molecular complexity index is 423. The summed E-state index contributed by atoms with van der Waals surface area (Å²) in [5.74, 6) is -0.351. The van der Waals surface area contributed by atoms with Gasteiger partial charge in [0.25, 0.3) is 11.5 Å². The number of hydrogen-bond donors (Lipinski definition) is 2. The Hall–Kier alpha value is -1.29. The average Bonchev–Trinajstić information content (AvgIpc) is 2.93. The molecule has 0 unspecified atom stereocenters. The molecule has 1 heterocycles. The monoisotopic (exact) mass is 212 g/mol. The summed E-state index contributed by atoms with van der Waals surface area (Å²) in [6.45, 7) is 0. The Morgan fingerprint density at radius 3 is 2.93 bits per heavy atom. The van der Waals surface area contributed by atoms with Gasteiger partial charge in [-0.1, -0.05) is 11.6 Å². The van der Waals surface area contributed by atoms with Gasteiger partial charge in [-0.25, -0.2) is 0 Å². The Morgan fingerprint density at radius 2 is 2.29 bits per heavy atom. The van der Waals surface area contributed by atoms with Gasteiger partial charge >= 0.3 is 0 Å². The summed E-state index contributed by atoms with van der Waals surface area (Å²) in [6.07, 6.45) is 3.34. The number of amides is 1. The van der Waals surface area contributed by atoms with Crippen molar-refractivity contribution in [1.82, 2.24) is 10.3 Å². The van der Waals surface area contributed by atoms with E-state index in [0.717, 1.165) is 12.8 Å². The summed E-state index contributed by atoms with van der Waals surface area (Å²) < 4.78 is 0. The summed E-state index contributed by atoms with van der Waals surface area (Å²) in [6, 6.07) is 1.61. The normalized spacial score (nSPS) is 15.2. The van der Waals surface area contributed by atoms with Crippen LogP contribution in [0.3, 0.4) is 0 Å². The van der Waals surface area contributed by atoms with Gasteiger partial charge in [-0.2, -0.15) is 0 Å². The van der Waals surface area contributed by atoms with Crippen LogP contribution >= 0.6 is 11.6 Å². The first-order valence-corrected chi connectivity index (χ1v) is 4.74. The molecule has 4 nitrogen and oxygen atoms in total. The summed E-state index contributed by atoms with van der Waals surface area (Å²) in [7, 11) is 0. The van der Waals surface area contributed by atoms with Crippen LogP contribution in [0.15, 0.2) is 17.1 Å². The van der Waals surface area contributed by atoms with E-state index in [1.165, 1.54) is 12.3 Å². The van der Waals surface area contributed by atoms with Crippen molar-refractivity contribution in [2.75, 3.05) is 0 Å². The maximum absolute atomic E-state index is 11.5. The second-order valence-corrected chi connectivity index (χ2v) is 3.74. The van der Waals surface area contributed by atoms with E-state index >= 15 is 0 Å². The van der Waals surface area contributed by atoms with Crippen molar-refractivity contribution in [2.45, 2.75) is 18.9 Å². The molecule has 74 valence electrons. The van der Waals surface area contributed by atoms with Crippen LogP contribution in [0.25, 0.3) is 0 Å². The predicted octanol–water partition coefficient (Wildman–Crippen LogP) is 0.920. The predicted molar refractivity (Wildman–Crippen MR) is 52.6 cm³/mol. The van der Waals surface area contributed by atoms with Gasteiger partial charge in [-0.15, -0.1) is 0 Å². The van der Waals surface area contributed by atoms with Crippen LogP contribution in [0, 0.1) is 0 Å². The third-order valence-corrected chi connectivity index (χ3v) is 2.24. The fourth-order valence-electron chi connectivity index (χ4n) is 1.12. The topological polar surface area (TPSA) is 62.0 Å². The highest BCUT2D eigenvalue weighted by atomic mass is 35.5. The number of nitrogens with one attached hydrogen (secondary N) is 2. The molecule has 0 radical (unpaired) electrons. The Morgan fingerprint density at radius 1 is 1.57 bits per heavy atom. The van der Waals surface area contributed by atoms with Crippen molar-refractivity contribution in [3.8, 4) is 0 Å². The minimum absolute atomic E-state index is 0.0735. The van der Waals surface area contributed by atoms with Crippen LogP contribution in [-0.2, 0) is 0 Å². The zero-order valence-electron chi connectivity index (χ0n) is 7.34. The highest BCUT2D eigenvalue weighted by Crippen LogP contribution is 2.19. The number of carbonyl (C=O) groups is 1. The molecule has 14 heavy (non-hydrogen) atoms. The zero-order valence-corrected chi connectivity index (χ0v) is 8.10. The molecule has 1 aromatic heterocycles. The number of hydrogen-bond acceptors (Lipinski definition) is 2. The van der Waals surface area contributed by atoms with Crippen LogP contribution in [0.1, 0.15) is 23.2 Å². The van der Waals surface area contributed by atoms with E-state index in [1.54, 1.807) is 0 Å². The van der Waals surface area contributed by atoms with Gasteiger partial charge in [-0.05, 0) is 18.9 Å². The number of H-pyrrole nitrogens is 1. The Labute approximate surface area is 85.3 Å². The van der Waals surface area contributed by atoms with E-state index in [-0.39, 0.29) is 17.5 Å². The molecule has 1 aliphatic carbocycles. The van der Waals surface area contributed by atoms with Gasteiger partial charge in [0, 0.05) is 12.2 Å². The van der Waals surface area contributed by atoms with Crippen LogP contribution in [0.5, 0.6) is 0 Å². The number of pyridine rings is 1. The molecule has 0 aromatic carbocycles. The average molecular weight is 213 g/mol. The van der Waals surface area contributed by atoms with Crippen molar-refractivity contribution in [2.24, 2.45) is 0 Å². The first kappa shape index (κ1) is 9.27. The van der Waals surface area contributed by atoms with Crippen molar-refractivity contribution < 1.29 is 4.79 Å². The molecule has 1 amide bonds. The number of carbonyl (C=O) groups excluding carboxylic acids is 1. The summed E-state index contributed by atoms with van der Waals surface area (Å²) in [4.78, 5) is 25.1. The van der Waals surface area contributed by atoms with Gasteiger partial charge in [0.2, 0.25) is 0 Å². The minimum atomic E-state index is -0.410. The maximum atomic E-state index is 11.5. The second kappa shape index (κ2) is 3.46. The SMILES string of the molecule is O=C(NC1CC1)c1cc(Cl)c[nH]c1=O. The fourth-order valence-corrected chi connectivity index (χ4v) is 1.28. The minimum Gasteiger partial charge on any atom is -0.349 e. The fraction of sp³-hybridized carbons (Fsp3) is 0.333. The van der Waals surface area contributed by atoms with Crippen molar-refractivity contribution in [3.63, 3.8) is 0 Å². The zero-order chi connectivity index (χ0) is 10.1. The highest BCUT2D eigenvalue weighted by Gasteiger charge is 2.24. The summed E-state index contributed by atoms with van der Waals surface area (Å²) in [5, 5.41) is 3.07. The van der Waals surface area contributed by atoms with Gasteiger partial charge in [0.05, 0.1) is 5.02 Å². The Kier molecular flexibility index (Phi) is 2.29. The summed E-state index contributed by atoms with van der Waals surface area (Å²) >= 11 is 5.66. The van der Waals surface area contributed by atoms with E-state index in [4.69, 9.17) is 11.6 Å². The molecular weight excluding hydrogens is 204 g/mol. The second-order valence-electron chi connectivity index (χ2n) is 3.31. The van der Waals surface area contributed by atoms with E-state index in [0.29, 0.717) is 5.02 Å². The lowest BCUT2D eigenvalue weighted by molar-refractivity contribution is 0.0949. The van der Waals surface area contributed by atoms with E-state index in [1.807, 2.05) is 0 Å². The first-order valence-electron chi connectivity index (χ1n) is 4.36. The summed E-state index contributed by atoms with van der Waals surface area (Å²) in [5.41, 5.74) is -0.336. The number of aromatic nitrogens is 1. The molecule has 1 aliphatic rings. The molecule has 0 spiro atoms. The van der Waals surface area contributed by atoms with Crippen molar-refractivity contribution in [3.05, 3.63) is 33.2 Å². The first-order chi connectivity index (χ1) is 6.66. The number of halogens is 1. The van der Waals surface area contributed by atoms with Crippen LogP contribution in [0.4, 0.5) is 0 Å². The smallest absolute Gasteiger partial charge is 0.260 e. The lowest BCUT2D eigenvalue weighted by atomic mass is 10.2. The lowest BCUT2D eigenvalue weighted by Crippen LogP contribution is -2.30.